The number of rotatable bonds is 4. The summed E-state index contributed by atoms with van der Waals surface area (Å²) in [6.07, 6.45) is 5.09. The summed E-state index contributed by atoms with van der Waals surface area (Å²) in [5, 5.41) is 4.89. The number of nitrogens with zero attached hydrogens (tertiary/aromatic N) is 1. The van der Waals surface area contributed by atoms with Crippen molar-refractivity contribution in [2.75, 3.05) is 18.8 Å². The molecule has 2 atom stereocenters. The molecule has 0 radical (unpaired) electrons. The van der Waals surface area contributed by atoms with Gasteiger partial charge >= 0.3 is 0 Å². The third kappa shape index (κ3) is 2.39. The zero-order valence-corrected chi connectivity index (χ0v) is 10.7. The van der Waals surface area contributed by atoms with Crippen LogP contribution in [0.15, 0.2) is 4.99 Å². The first kappa shape index (κ1) is 11.5. The molecule has 0 aromatic rings. The van der Waals surface area contributed by atoms with Crippen molar-refractivity contribution >= 4 is 16.8 Å². The van der Waals surface area contributed by atoms with Crippen LogP contribution >= 0.6 is 11.8 Å². The normalized spacial score (nSPS) is 32.3. The van der Waals surface area contributed by atoms with Crippen LogP contribution in [-0.2, 0) is 0 Å². The molecule has 2 aliphatic rings. The largest absolute Gasteiger partial charge is 0.314 e. The van der Waals surface area contributed by atoms with E-state index in [4.69, 9.17) is 4.99 Å². The summed E-state index contributed by atoms with van der Waals surface area (Å²) in [6, 6.07) is 0. The Morgan fingerprint density at radius 1 is 1.53 bits per heavy atom. The molecule has 15 heavy (non-hydrogen) atoms. The molecule has 2 rings (SSSR count). The SMILES string of the molecule is CCCC(CC)C1=NC2(CCNC2)CS1. The molecule has 2 nitrogen and oxygen atoms in total. The Morgan fingerprint density at radius 2 is 2.40 bits per heavy atom. The second-order valence-electron chi connectivity index (χ2n) is 4.78. The van der Waals surface area contributed by atoms with Crippen molar-refractivity contribution in [3.63, 3.8) is 0 Å². The van der Waals surface area contributed by atoms with E-state index in [9.17, 15) is 0 Å². The molecule has 0 aromatic carbocycles. The van der Waals surface area contributed by atoms with Crippen molar-refractivity contribution in [3.8, 4) is 0 Å². The summed E-state index contributed by atoms with van der Waals surface area (Å²) >= 11 is 2.02. The second kappa shape index (κ2) is 4.88. The lowest BCUT2D eigenvalue weighted by Gasteiger charge is -2.16. The highest BCUT2D eigenvalue weighted by Gasteiger charge is 2.39. The number of thioether (sulfide) groups is 1. The smallest absolute Gasteiger partial charge is 0.0847 e. The Labute approximate surface area is 97.3 Å². The molecule has 0 saturated carbocycles. The first-order valence-electron chi connectivity index (χ1n) is 6.23. The van der Waals surface area contributed by atoms with E-state index in [1.807, 2.05) is 11.8 Å². The number of hydrogen-bond donors (Lipinski definition) is 1. The van der Waals surface area contributed by atoms with Gasteiger partial charge < -0.3 is 5.32 Å². The first-order chi connectivity index (χ1) is 7.29. The van der Waals surface area contributed by atoms with E-state index in [1.54, 1.807) is 0 Å². The predicted molar refractivity (Wildman–Crippen MR) is 68.8 cm³/mol. The summed E-state index contributed by atoms with van der Waals surface area (Å²) in [6.45, 7) is 6.82. The van der Waals surface area contributed by atoms with E-state index in [1.165, 1.54) is 36.5 Å². The molecule has 1 N–H and O–H groups in total. The van der Waals surface area contributed by atoms with E-state index in [0.29, 0.717) is 0 Å². The molecule has 2 unspecified atom stereocenters. The van der Waals surface area contributed by atoms with Crippen LogP contribution in [0.2, 0.25) is 0 Å². The molecule has 3 heteroatoms. The molecule has 2 heterocycles. The molecule has 86 valence electrons. The highest BCUT2D eigenvalue weighted by Crippen LogP contribution is 2.36. The van der Waals surface area contributed by atoms with E-state index in [0.717, 1.165) is 19.0 Å². The maximum Gasteiger partial charge on any atom is 0.0847 e. The van der Waals surface area contributed by atoms with Crippen LogP contribution in [0.25, 0.3) is 0 Å². The second-order valence-corrected chi connectivity index (χ2v) is 5.78. The van der Waals surface area contributed by atoms with Gasteiger partial charge in [-0.1, -0.05) is 20.3 Å². The van der Waals surface area contributed by atoms with E-state index < -0.39 is 0 Å². The van der Waals surface area contributed by atoms with Crippen molar-refractivity contribution in [3.05, 3.63) is 0 Å². The average molecular weight is 226 g/mol. The number of hydrogen-bond acceptors (Lipinski definition) is 3. The highest BCUT2D eigenvalue weighted by atomic mass is 32.2. The molecule has 0 amide bonds. The monoisotopic (exact) mass is 226 g/mol. The van der Waals surface area contributed by atoms with Gasteiger partial charge in [0.25, 0.3) is 0 Å². The molecular formula is C12H22N2S. The van der Waals surface area contributed by atoms with Crippen LogP contribution < -0.4 is 5.32 Å². The van der Waals surface area contributed by atoms with Crippen LogP contribution in [0.5, 0.6) is 0 Å². The van der Waals surface area contributed by atoms with Gasteiger partial charge in [0.15, 0.2) is 0 Å². The summed E-state index contributed by atoms with van der Waals surface area (Å²) < 4.78 is 0. The molecule has 0 aromatic heterocycles. The minimum Gasteiger partial charge on any atom is -0.314 e. The van der Waals surface area contributed by atoms with E-state index in [2.05, 4.69) is 19.2 Å². The zero-order valence-electron chi connectivity index (χ0n) is 9.88. The minimum atomic E-state index is 0.279. The van der Waals surface area contributed by atoms with E-state index >= 15 is 0 Å². The maximum absolute atomic E-state index is 5.03. The van der Waals surface area contributed by atoms with Crippen molar-refractivity contribution in [1.82, 2.24) is 5.32 Å². The van der Waals surface area contributed by atoms with Gasteiger partial charge in [-0.15, -0.1) is 11.8 Å². The summed E-state index contributed by atoms with van der Waals surface area (Å²) in [7, 11) is 0. The van der Waals surface area contributed by atoms with Crippen LogP contribution in [-0.4, -0.2) is 29.4 Å². The first-order valence-corrected chi connectivity index (χ1v) is 7.21. The molecular weight excluding hydrogens is 204 g/mol. The Kier molecular flexibility index (Phi) is 3.73. The maximum atomic E-state index is 5.03. The predicted octanol–water partition coefficient (Wildman–Crippen LogP) is 2.69. The third-order valence-electron chi connectivity index (χ3n) is 3.54. The van der Waals surface area contributed by atoms with Crippen molar-refractivity contribution < 1.29 is 0 Å². The fourth-order valence-corrected chi connectivity index (χ4v) is 4.02. The van der Waals surface area contributed by atoms with Gasteiger partial charge in [0.1, 0.15) is 0 Å². The van der Waals surface area contributed by atoms with Gasteiger partial charge in [0, 0.05) is 18.2 Å². The van der Waals surface area contributed by atoms with E-state index in [-0.39, 0.29) is 5.54 Å². The fraction of sp³-hybridized carbons (Fsp3) is 0.917. The van der Waals surface area contributed by atoms with Crippen LogP contribution in [0.3, 0.4) is 0 Å². The molecule has 0 aliphatic carbocycles. The summed E-state index contributed by atoms with van der Waals surface area (Å²) in [4.78, 5) is 5.03. The number of aliphatic imine (C=N–C) groups is 1. The molecule has 2 aliphatic heterocycles. The van der Waals surface area contributed by atoms with Crippen molar-refractivity contribution in [2.45, 2.75) is 45.1 Å². The molecule has 1 fully saturated rings. The Bertz CT molecular complexity index is 244. The minimum absolute atomic E-state index is 0.279. The molecule has 1 saturated heterocycles. The lowest BCUT2D eigenvalue weighted by Crippen LogP contribution is -2.29. The van der Waals surface area contributed by atoms with Gasteiger partial charge in [0.05, 0.1) is 10.6 Å². The van der Waals surface area contributed by atoms with Crippen molar-refractivity contribution in [1.29, 1.82) is 0 Å². The topological polar surface area (TPSA) is 24.4 Å². The zero-order chi connectivity index (χ0) is 10.7. The van der Waals surface area contributed by atoms with Gasteiger partial charge in [0.2, 0.25) is 0 Å². The van der Waals surface area contributed by atoms with Crippen LogP contribution in [0, 0.1) is 5.92 Å². The third-order valence-corrected chi connectivity index (χ3v) is 4.94. The molecule has 0 bridgehead atoms. The van der Waals surface area contributed by atoms with Crippen molar-refractivity contribution in [2.24, 2.45) is 10.9 Å². The lowest BCUT2D eigenvalue weighted by atomic mass is 10.00. The van der Waals surface area contributed by atoms with Crippen LogP contribution in [0.1, 0.15) is 39.5 Å². The lowest BCUT2D eigenvalue weighted by molar-refractivity contribution is 0.530. The summed E-state index contributed by atoms with van der Waals surface area (Å²) in [5.74, 6) is 1.95. The standard InChI is InChI=1S/C12H22N2S/c1-3-5-10(4-2)11-14-12(9-15-11)6-7-13-8-12/h10,13H,3-9H2,1-2H3. The van der Waals surface area contributed by atoms with Gasteiger partial charge in [-0.25, -0.2) is 0 Å². The Morgan fingerprint density at radius 3 is 3.00 bits per heavy atom. The quantitative estimate of drug-likeness (QED) is 0.797. The molecule has 1 spiro atoms. The number of nitrogens with one attached hydrogen (secondary N) is 1. The Balaban J connectivity index is 2.03. The average Bonchev–Trinajstić information content (AvgIpc) is 2.86. The van der Waals surface area contributed by atoms with Crippen LogP contribution in [0.4, 0.5) is 0 Å². The van der Waals surface area contributed by atoms with Gasteiger partial charge in [-0.05, 0) is 25.8 Å². The highest BCUT2D eigenvalue weighted by molar-refractivity contribution is 8.14. The fourth-order valence-electron chi connectivity index (χ4n) is 2.52. The van der Waals surface area contributed by atoms with Gasteiger partial charge in [-0.2, -0.15) is 0 Å². The van der Waals surface area contributed by atoms with Gasteiger partial charge in [-0.3, -0.25) is 4.99 Å². The Hall–Kier alpha value is -0.0200. The summed E-state index contributed by atoms with van der Waals surface area (Å²) in [5.41, 5.74) is 0.279.